The van der Waals surface area contributed by atoms with Crippen molar-refractivity contribution in [2.45, 2.75) is 32.9 Å². The molecule has 150 valence electrons. The lowest BCUT2D eigenvalue weighted by Crippen LogP contribution is -2.24. The fourth-order valence-corrected chi connectivity index (χ4v) is 3.24. The topological polar surface area (TPSA) is 82.4 Å². The predicted octanol–water partition coefficient (Wildman–Crippen LogP) is 3.27. The van der Waals surface area contributed by atoms with E-state index in [-0.39, 0.29) is 11.4 Å². The van der Waals surface area contributed by atoms with Crippen molar-refractivity contribution in [1.29, 1.82) is 0 Å². The van der Waals surface area contributed by atoms with Crippen molar-refractivity contribution in [1.82, 2.24) is 19.7 Å². The van der Waals surface area contributed by atoms with Gasteiger partial charge in [0, 0.05) is 18.0 Å². The van der Waals surface area contributed by atoms with Crippen LogP contribution in [0.4, 0.5) is 5.69 Å². The van der Waals surface area contributed by atoms with Gasteiger partial charge in [0.15, 0.2) is 5.75 Å². The zero-order valence-electron chi connectivity index (χ0n) is 17.1. The molecule has 3 aromatic rings. The van der Waals surface area contributed by atoms with Gasteiger partial charge in [0.1, 0.15) is 0 Å². The molecule has 1 amide bonds. The van der Waals surface area contributed by atoms with E-state index in [1.54, 1.807) is 31.5 Å². The van der Waals surface area contributed by atoms with Crippen molar-refractivity contribution in [3.05, 3.63) is 48.0 Å². The maximum Gasteiger partial charge on any atom is 0.260 e. The largest absolute Gasteiger partial charge is 0.491 e. The first-order chi connectivity index (χ1) is 13.8. The van der Waals surface area contributed by atoms with Crippen LogP contribution in [0.25, 0.3) is 11.3 Å². The molecule has 29 heavy (non-hydrogen) atoms. The molecular formula is C21H23N5O3. The van der Waals surface area contributed by atoms with Crippen LogP contribution in [0.15, 0.2) is 36.8 Å². The molecule has 0 fully saturated rings. The van der Waals surface area contributed by atoms with Gasteiger partial charge in [-0.1, -0.05) is 0 Å². The van der Waals surface area contributed by atoms with E-state index in [0.717, 1.165) is 22.6 Å². The van der Waals surface area contributed by atoms with Crippen LogP contribution >= 0.6 is 0 Å². The third kappa shape index (κ3) is 3.30. The maximum absolute atomic E-state index is 12.9. The molecule has 8 nitrogen and oxygen atoms in total. The number of carbonyl (C=O) groups excluding carboxylic acids is 1. The van der Waals surface area contributed by atoms with Gasteiger partial charge in [0.25, 0.3) is 11.8 Å². The highest BCUT2D eigenvalue weighted by atomic mass is 16.5. The molecule has 0 radical (unpaired) electrons. The lowest BCUT2D eigenvalue weighted by Gasteiger charge is -2.19. The van der Waals surface area contributed by atoms with Crippen molar-refractivity contribution in [3.8, 4) is 22.9 Å². The van der Waals surface area contributed by atoms with E-state index in [1.807, 2.05) is 29.1 Å². The Balaban J connectivity index is 1.65. The molecule has 4 rings (SSSR count). The Kier molecular flexibility index (Phi) is 4.49. The molecule has 0 saturated heterocycles. The van der Waals surface area contributed by atoms with Crippen LogP contribution in [0.2, 0.25) is 0 Å². The van der Waals surface area contributed by atoms with Crippen LogP contribution in [-0.4, -0.2) is 39.9 Å². The summed E-state index contributed by atoms with van der Waals surface area (Å²) in [4.78, 5) is 23.6. The van der Waals surface area contributed by atoms with Gasteiger partial charge in [0.2, 0.25) is 0 Å². The minimum atomic E-state index is -0.153. The number of carbonyl (C=O) groups is 1. The highest BCUT2D eigenvalue weighted by molar-refractivity contribution is 6.09. The van der Waals surface area contributed by atoms with E-state index in [2.05, 4.69) is 30.9 Å². The zero-order valence-corrected chi connectivity index (χ0v) is 17.1. The van der Waals surface area contributed by atoms with Gasteiger partial charge < -0.3 is 9.47 Å². The summed E-state index contributed by atoms with van der Waals surface area (Å²) in [5.41, 5.74) is 3.45. The molecule has 0 aromatic carbocycles. The molecule has 0 N–H and O–H groups in total. The first kappa shape index (κ1) is 18.9. The number of pyridine rings is 2. The maximum atomic E-state index is 12.9. The van der Waals surface area contributed by atoms with Crippen LogP contribution in [0, 0.1) is 0 Å². The van der Waals surface area contributed by atoms with E-state index < -0.39 is 0 Å². The van der Waals surface area contributed by atoms with Gasteiger partial charge >= 0.3 is 0 Å². The summed E-state index contributed by atoms with van der Waals surface area (Å²) in [6.07, 6.45) is 5.29. The number of fused-ring (bicyclic) bond motifs is 1. The summed E-state index contributed by atoms with van der Waals surface area (Å²) in [5.74, 6) is 0.868. The van der Waals surface area contributed by atoms with E-state index in [0.29, 0.717) is 23.7 Å². The van der Waals surface area contributed by atoms with Gasteiger partial charge in [-0.3, -0.25) is 19.4 Å². The molecule has 1 aliphatic heterocycles. The minimum absolute atomic E-state index is 0.0713. The Labute approximate surface area is 169 Å². The molecule has 8 heteroatoms. The molecular weight excluding hydrogens is 370 g/mol. The second-order valence-corrected chi connectivity index (χ2v) is 7.83. The van der Waals surface area contributed by atoms with Crippen LogP contribution in [-0.2, 0) is 12.1 Å². The Morgan fingerprint density at radius 1 is 1.10 bits per heavy atom. The highest BCUT2D eigenvalue weighted by Crippen LogP contribution is 2.32. The predicted molar refractivity (Wildman–Crippen MR) is 108 cm³/mol. The van der Waals surface area contributed by atoms with Gasteiger partial charge in [-0.15, -0.1) is 0 Å². The molecule has 0 aliphatic carbocycles. The zero-order chi connectivity index (χ0) is 20.8. The number of nitrogens with zero attached hydrogens (tertiary/aromatic N) is 5. The Hall–Kier alpha value is -3.42. The molecule has 0 saturated carbocycles. The van der Waals surface area contributed by atoms with Crippen molar-refractivity contribution in [2.24, 2.45) is 0 Å². The minimum Gasteiger partial charge on any atom is -0.491 e. The summed E-state index contributed by atoms with van der Waals surface area (Å²) < 4.78 is 12.4. The molecule has 0 spiro atoms. The molecule has 0 atom stereocenters. The fraction of sp³-hybridized carbons (Fsp3) is 0.333. The van der Waals surface area contributed by atoms with Crippen LogP contribution in [0.1, 0.15) is 36.8 Å². The number of amides is 1. The van der Waals surface area contributed by atoms with Gasteiger partial charge in [0.05, 0.1) is 55.1 Å². The fourth-order valence-electron chi connectivity index (χ4n) is 3.24. The second kappa shape index (κ2) is 6.88. The second-order valence-electron chi connectivity index (χ2n) is 7.83. The van der Waals surface area contributed by atoms with Crippen LogP contribution in [0.3, 0.4) is 0 Å². The smallest absolute Gasteiger partial charge is 0.260 e. The third-order valence-electron chi connectivity index (χ3n) is 4.85. The standard InChI is InChI=1S/C21H23N5O3/c1-21(2,3)26-11-14(10-23-26)25-12-17-15(20(25)27)6-7-16(24-17)13-8-18(28-4)19(29-5)22-9-13/h6-11H,12H2,1-5H3. The Bertz CT molecular complexity index is 1080. The third-order valence-corrected chi connectivity index (χ3v) is 4.85. The Morgan fingerprint density at radius 2 is 1.90 bits per heavy atom. The number of hydrogen-bond donors (Lipinski definition) is 0. The van der Waals surface area contributed by atoms with Crippen LogP contribution < -0.4 is 14.4 Å². The number of aromatic nitrogens is 4. The lowest BCUT2D eigenvalue weighted by atomic mass is 10.1. The number of ether oxygens (including phenoxy) is 2. The van der Waals surface area contributed by atoms with Gasteiger partial charge in [-0.05, 0) is 39.0 Å². The van der Waals surface area contributed by atoms with Crippen LogP contribution in [0.5, 0.6) is 11.6 Å². The van der Waals surface area contributed by atoms with Crippen molar-refractivity contribution in [3.63, 3.8) is 0 Å². The summed E-state index contributed by atoms with van der Waals surface area (Å²) >= 11 is 0. The van der Waals surface area contributed by atoms with E-state index >= 15 is 0 Å². The summed E-state index contributed by atoms with van der Waals surface area (Å²) in [7, 11) is 3.11. The first-order valence-electron chi connectivity index (χ1n) is 9.27. The average Bonchev–Trinajstić information content (AvgIpc) is 3.32. The average molecular weight is 393 g/mol. The quantitative estimate of drug-likeness (QED) is 0.677. The Morgan fingerprint density at radius 3 is 2.55 bits per heavy atom. The summed E-state index contributed by atoms with van der Waals surface area (Å²) in [6.45, 7) is 6.60. The van der Waals surface area contributed by atoms with Crippen molar-refractivity contribution in [2.75, 3.05) is 19.1 Å². The molecule has 0 unspecified atom stereocenters. The van der Waals surface area contributed by atoms with E-state index in [9.17, 15) is 4.79 Å². The molecule has 4 heterocycles. The monoisotopic (exact) mass is 393 g/mol. The number of hydrogen-bond acceptors (Lipinski definition) is 6. The first-order valence-corrected chi connectivity index (χ1v) is 9.27. The summed E-state index contributed by atoms with van der Waals surface area (Å²) in [5, 5.41) is 4.40. The molecule has 0 bridgehead atoms. The number of methoxy groups -OCH3 is 2. The number of rotatable bonds is 4. The highest BCUT2D eigenvalue weighted by Gasteiger charge is 2.31. The summed E-state index contributed by atoms with van der Waals surface area (Å²) in [6, 6.07) is 5.45. The SMILES string of the molecule is COc1cc(-c2ccc3c(n2)CN(c2cnn(C(C)(C)C)c2)C3=O)cnc1OC. The van der Waals surface area contributed by atoms with Crippen molar-refractivity contribution >= 4 is 11.6 Å². The van der Waals surface area contributed by atoms with E-state index in [4.69, 9.17) is 14.5 Å². The normalized spacial score (nSPS) is 13.6. The van der Waals surface area contributed by atoms with Crippen molar-refractivity contribution < 1.29 is 14.3 Å². The number of anilines is 1. The lowest BCUT2D eigenvalue weighted by molar-refractivity contribution is 0.0996. The van der Waals surface area contributed by atoms with Gasteiger partial charge in [-0.25, -0.2) is 4.98 Å². The molecule has 3 aromatic heterocycles. The van der Waals surface area contributed by atoms with E-state index in [1.165, 1.54) is 0 Å². The molecule has 1 aliphatic rings. The van der Waals surface area contributed by atoms with Gasteiger partial charge in [-0.2, -0.15) is 5.10 Å².